The third-order valence-corrected chi connectivity index (χ3v) is 4.34. The van der Waals surface area contributed by atoms with E-state index in [1.807, 2.05) is 0 Å². The number of amides is 1. The summed E-state index contributed by atoms with van der Waals surface area (Å²) in [6.07, 6.45) is 1.32. The SMILES string of the molecule is COc1cc(/C=C(\C#N)C(N)=O)cc(Cl)c1OCc1ccc(Cl)c(Cl)c1. The van der Waals surface area contributed by atoms with E-state index < -0.39 is 5.91 Å². The number of ether oxygens (including phenoxy) is 2. The minimum absolute atomic E-state index is 0.187. The Morgan fingerprint density at radius 3 is 2.50 bits per heavy atom. The second kappa shape index (κ2) is 8.81. The minimum Gasteiger partial charge on any atom is -0.493 e. The highest BCUT2D eigenvalue weighted by Gasteiger charge is 2.13. The Morgan fingerprint density at radius 2 is 1.92 bits per heavy atom. The lowest BCUT2D eigenvalue weighted by Gasteiger charge is -2.14. The van der Waals surface area contributed by atoms with Crippen LogP contribution in [0.1, 0.15) is 11.1 Å². The van der Waals surface area contributed by atoms with Gasteiger partial charge in [0.1, 0.15) is 18.2 Å². The van der Waals surface area contributed by atoms with E-state index >= 15 is 0 Å². The van der Waals surface area contributed by atoms with Crippen LogP contribution >= 0.6 is 34.8 Å². The van der Waals surface area contributed by atoms with E-state index in [2.05, 4.69) is 0 Å². The molecule has 2 aromatic carbocycles. The normalized spacial score (nSPS) is 11.0. The van der Waals surface area contributed by atoms with Crippen LogP contribution in [0.5, 0.6) is 11.5 Å². The summed E-state index contributed by atoms with van der Waals surface area (Å²) < 4.78 is 11.0. The van der Waals surface area contributed by atoms with E-state index in [1.54, 1.807) is 30.3 Å². The van der Waals surface area contributed by atoms with Gasteiger partial charge in [-0.25, -0.2) is 0 Å². The number of carbonyl (C=O) groups is 1. The largest absolute Gasteiger partial charge is 0.493 e. The Bertz CT molecular complexity index is 921. The topological polar surface area (TPSA) is 85.3 Å². The van der Waals surface area contributed by atoms with Gasteiger partial charge in [0.2, 0.25) is 0 Å². The molecule has 0 saturated carbocycles. The highest BCUT2D eigenvalue weighted by Crippen LogP contribution is 2.37. The fraction of sp³-hybridized carbons (Fsp3) is 0.111. The van der Waals surface area contributed by atoms with Crippen molar-refractivity contribution in [3.63, 3.8) is 0 Å². The molecular weight excluding hydrogens is 399 g/mol. The van der Waals surface area contributed by atoms with Crippen molar-refractivity contribution in [1.82, 2.24) is 0 Å². The molecule has 2 N–H and O–H groups in total. The molecule has 0 fully saturated rings. The molecule has 0 aliphatic carbocycles. The number of primary amides is 1. The van der Waals surface area contributed by atoms with E-state index in [0.29, 0.717) is 27.1 Å². The quantitative estimate of drug-likeness (QED) is 0.555. The lowest BCUT2D eigenvalue weighted by atomic mass is 10.1. The first kappa shape index (κ1) is 19.9. The first-order valence-corrected chi connectivity index (χ1v) is 8.35. The predicted octanol–water partition coefficient (Wildman–Crippen LogP) is 4.63. The van der Waals surface area contributed by atoms with Crippen molar-refractivity contribution in [3.05, 3.63) is 62.1 Å². The number of rotatable bonds is 6. The van der Waals surface area contributed by atoms with Gasteiger partial charge in [0.25, 0.3) is 5.91 Å². The number of nitrogens with two attached hydrogens (primary N) is 1. The number of carbonyl (C=O) groups excluding carboxylic acids is 1. The van der Waals surface area contributed by atoms with Gasteiger partial charge in [-0.3, -0.25) is 4.79 Å². The van der Waals surface area contributed by atoms with E-state index in [-0.39, 0.29) is 17.2 Å². The first-order chi connectivity index (χ1) is 12.3. The fourth-order valence-corrected chi connectivity index (χ4v) is 2.67. The summed E-state index contributed by atoms with van der Waals surface area (Å²) in [4.78, 5) is 11.2. The van der Waals surface area contributed by atoms with Gasteiger partial charge in [-0.2, -0.15) is 5.26 Å². The van der Waals surface area contributed by atoms with Gasteiger partial charge < -0.3 is 15.2 Å². The number of hydrogen-bond donors (Lipinski definition) is 1. The highest BCUT2D eigenvalue weighted by molar-refractivity contribution is 6.42. The van der Waals surface area contributed by atoms with Crippen LogP contribution < -0.4 is 15.2 Å². The van der Waals surface area contributed by atoms with Crippen LogP contribution in [0.3, 0.4) is 0 Å². The Hall–Kier alpha value is -2.39. The summed E-state index contributed by atoms with van der Waals surface area (Å²) in [5.41, 5.74) is 6.20. The maximum absolute atomic E-state index is 11.2. The summed E-state index contributed by atoms with van der Waals surface area (Å²) >= 11 is 18.1. The van der Waals surface area contributed by atoms with E-state index in [4.69, 9.17) is 55.3 Å². The highest BCUT2D eigenvalue weighted by atomic mass is 35.5. The van der Waals surface area contributed by atoms with Crippen LogP contribution in [-0.2, 0) is 11.4 Å². The van der Waals surface area contributed by atoms with Crippen molar-refractivity contribution >= 4 is 46.8 Å². The summed E-state index contributed by atoms with van der Waals surface area (Å²) in [7, 11) is 1.45. The molecule has 134 valence electrons. The zero-order chi connectivity index (χ0) is 19.3. The molecule has 0 spiro atoms. The number of nitriles is 1. The Morgan fingerprint density at radius 1 is 1.19 bits per heavy atom. The molecule has 26 heavy (non-hydrogen) atoms. The summed E-state index contributed by atoms with van der Waals surface area (Å²) in [5.74, 6) is -0.178. The van der Waals surface area contributed by atoms with Crippen LogP contribution in [0.15, 0.2) is 35.9 Å². The summed E-state index contributed by atoms with van der Waals surface area (Å²) in [6, 6.07) is 9.97. The maximum atomic E-state index is 11.2. The summed E-state index contributed by atoms with van der Waals surface area (Å²) in [6.45, 7) is 0.187. The molecule has 0 atom stereocenters. The second-order valence-electron chi connectivity index (χ2n) is 5.11. The van der Waals surface area contributed by atoms with Crippen molar-refractivity contribution in [2.75, 3.05) is 7.11 Å². The molecule has 0 unspecified atom stereocenters. The van der Waals surface area contributed by atoms with Crippen LogP contribution in [-0.4, -0.2) is 13.0 Å². The smallest absolute Gasteiger partial charge is 0.259 e. The monoisotopic (exact) mass is 410 g/mol. The Labute approximate surface area is 165 Å². The van der Waals surface area contributed by atoms with Crippen LogP contribution in [0.2, 0.25) is 15.1 Å². The van der Waals surface area contributed by atoms with E-state index in [0.717, 1.165) is 5.56 Å². The molecule has 5 nitrogen and oxygen atoms in total. The third kappa shape index (κ3) is 4.83. The maximum Gasteiger partial charge on any atom is 0.259 e. The molecule has 0 aliphatic heterocycles. The van der Waals surface area contributed by atoms with E-state index in [9.17, 15) is 4.79 Å². The average molecular weight is 412 g/mol. The molecule has 0 aliphatic rings. The number of methoxy groups -OCH3 is 1. The van der Waals surface area contributed by atoms with Crippen molar-refractivity contribution in [2.24, 2.45) is 5.73 Å². The fourth-order valence-electron chi connectivity index (χ4n) is 2.07. The molecule has 0 aromatic heterocycles. The molecule has 0 heterocycles. The molecule has 0 saturated heterocycles. The first-order valence-electron chi connectivity index (χ1n) is 7.21. The van der Waals surface area contributed by atoms with Crippen molar-refractivity contribution < 1.29 is 14.3 Å². The van der Waals surface area contributed by atoms with Crippen molar-refractivity contribution in [2.45, 2.75) is 6.61 Å². The lowest BCUT2D eigenvalue weighted by molar-refractivity contribution is -0.114. The average Bonchev–Trinajstić information content (AvgIpc) is 2.60. The van der Waals surface area contributed by atoms with Gasteiger partial charge in [0.05, 0.1) is 22.2 Å². The molecule has 0 bridgehead atoms. The minimum atomic E-state index is -0.831. The standard InChI is InChI=1S/C18H13Cl3N2O3/c1-25-16-7-11(4-12(8-22)18(23)24)6-15(21)17(16)26-9-10-2-3-13(19)14(20)5-10/h2-7H,9H2,1H3,(H2,23,24)/b12-4+. The number of benzene rings is 2. The van der Waals surface area contributed by atoms with Crippen molar-refractivity contribution in [3.8, 4) is 17.6 Å². The van der Waals surface area contributed by atoms with Gasteiger partial charge in [-0.05, 0) is 41.5 Å². The van der Waals surface area contributed by atoms with Gasteiger partial charge in [0.15, 0.2) is 11.5 Å². The Kier molecular flexibility index (Phi) is 6.76. The van der Waals surface area contributed by atoms with Gasteiger partial charge in [-0.15, -0.1) is 0 Å². The second-order valence-corrected chi connectivity index (χ2v) is 6.33. The molecular formula is C18H13Cl3N2O3. The molecule has 8 heteroatoms. The molecule has 0 radical (unpaired) electrons. The van der Waals surface area contributed by atoms with Gasteiger partial charge in [0, 0.05) is 0 Å². The molecule has 2 rings (SSSR count). The Balaban J connectivity index is 2.30. The van der Waals surface area contributed by atoms with Crippen molar-refractivity contribution in [1.29, 1.82) is 5.26 Å². The molecule has 2 aromatic rings. The number of halogens is 3. The molecule has 1 amide bonds. The lowest BCUT2D eigenvalue weighted by Crippen LogP contribution is -2.12. The van der Waals surface area contributed by atoms with Gasteiger partial charge in [-0.1, -0.05) is 40.9 Å². The van der Waals surface area contributed by atoms with Crippen LogP contribution in [0.25, 0.3) is 6.08 Å². The zero-order valence-corrected chi connectivity index (χ0v) is 15.8. The third-order valence-electron chi connectivity index (χ3n) is 3.32. The van der Waals surface area contributed by atoms with E-state index in [1.165, 1.54) is 19.3 Å². The predicted molar refractivity (Wildman–Crippen MR) is 102 cm³/mol. The van der Waals surface area contributed by atoms with Crippen LogP contribution in [0.4, 0.5) is 0 Å². The van der Waals surface area contributed by atoms with Crippen LogP contribution in [0, 0.1) is 11.3 Å². The van der Waals surface area contributed by atoms with Gasteiger partial charge >= 0.3 is 0 Å². The summed E-state index contributed by atoms with van der Waals surface area (Å²) in [5, 5.41) is 10.0. The zero-order valence-electron chi connectivity index (χ0n) is 13.6. The number of nitrogens with zero attached hydrogens (tertiary/aromatic N) is 1. The number of hydrogen-bond acceptors (Lipinski definition) is 4.